The Bertz CT molecular complexity index is 733. The van der Waals surface area contributed by atoms with E-state index in [2.05, 4.69) is 5.32 Å². The number of carbonyl (C=O) groups is 1. The second-order valence-corrected chi connectivity index (χ2v) is 5.45. The minimum atomic E-state index is -0.277. The Labute approximate surface area is 139 Å². The predicted molar refractivity (Wildman–Crippen MR) is 88.0 cm³/mol. The molecule has 0 fully saturated rings. The molecule has 0 unspecified atom stereocenters. The molecule has 6 heteroatoms. The second kappa shape index (κ2) is 6.79. The van der Waals surface area contributed by atoms with Gasteiger partial charge in [-0.15, -0.1) is 0 Å². The van der Waals surface area contributed by atoms with Crippen LogP contribution >= 0.6 is 11.6 Å². The highest BCUT2D eigenvalue weighted by Crippen LogP contribution is 2.32. The van der Waals surface area contributed by atoms with Gasteiger partial charge < -0.3 is 19.5 Å². The number of fused-ring (bicyclic) bond motifs is 1. The fourth-order valence-electron chi connectivity index (χ4n) is 2.28. The van der Waals surface area contributed by atoms with E-state index in [9.17, 15) is 4.79 Å². The van der Waals surface area contributed by atoms with Gasteiger partial charge in [-0.05, 0) is 36.4 Å². The SMILES string of the molecule is COc1ccc(Cl)cc1NC(=O)c1ccc2c(c1)OCCCO2. The molecular formula is C17H16ClNO4. The van der Waals surface area contributed by atoms with E-state index < -0.39 is 0 Å². The molecule has 1 aliphatic rings. The van der Waals surface area contributed by atoms with Crippen LogP contribution in [-0.4, -0.2) is 26.2 Å². The van der Waals surface area contributed by atoms with Crippen molar-refractivity contribution in [2.45, 2.75) is 6.42 Å². The third-order valence-electron chi connectivity index (χ3n) is 3.42. The van der Waals surface area contributed by atoms with Crippen LogP contribution in [0.3, 0.4) is 0 Å². The molecule has 2 aromatic rings. The van der Waals surface area contributed by atoms with Gasteiger partial charge >= 0.3 is 0 Å². The van der Waals surface area contributed by atoms with Crippen molar-refractivity contribution in [2.24, 2.45) is 0 Å². The first-order valence-electron chi connectivity index (χ1n) is 7.22. The van der Waals surface area contributed by atoms with Crippen molar-refractivity contribution in [3.05, 3.63) is 47.0 Å². The first kappa shape index (κ1) is 15.5. The lowest BCUT2D eigenvalue weighted by molar-refractivity contribution is 0.102. The zero-order chi connectivity index (χ0) is 16.2. The fourth-order valence-corrected chi connectivity index (χ4v) is 2.45. The second-order valence-electron chi connectivity index (χ2n) is 5.01. The first-order chi connectivity index (χ1) is 11.2. The number of amides is 1. The molecule has 5 nitrogen and oxygen atoms in total. The van der Waals surface area contributed by atoms with Crippen LogP contribution in [0.5, 0.6) is 17.2 Å². The number of hydrogen-bond acceptors (Lipinski definition) is 4. The van der Waals surface area contributed by atoms with Gasteiger partial charge in [0.15, 0.2) is 11.5 Å². The number of nitrogens with one attached hydrogen (secondary N) is 1. The minimum Gasteiger partial charge on any atom is -0.495 e. The average molecular weight is 334 g/mol. The molecular weight excluding hydrogens is 318 g/mol. The van der Waals surface area contributed by atoms with E-state index in [0.717, 1.165) is 6.42 Å². The van der Waals surface area contributed by atoms with Gasteiger partial charge in [0.05, 0.1) is 26.0 Å². The fraction of sp³-hybridized carbons (Fsp3) is 0.235. The maximum Gasteiger partial charge on any atom is 0.255 e. The van der Waals surface area contributed by atoms with Gasteiger partial charge in [-0.1, -0.05) is 11.6 Å². The smallest absolute Gasteiger partial charge is 0.255 e. The molecule has 120 valence electrons. The van der Waals surface area contributed by atoms with Crippen molar-refractivity contribution in [1.29, 1.82) is 0 Å². The maximum atomic E-state index is 12.5. The summed E-state index contributed by atoms with van der Waals surface area (Å²) in [4.78, 5) is 12.5. The van der Waals surface area contributed by atoms with E-state index in [-0.39, 0.29) is 5.91 Å². The number of benzene rings is 2. The van der Waals surface area contributed by atoms with Crippen molar-refractivity contribution >= 4 is 23.2 Å². The average Bonchev–Trinajstić information content (AvgIpc) is 2.79. The lowest BCUT2D eigenvalue weighted by Gasteiger charge is -2.12. The molecule has 0 spiro atoms. The Hall–Kier alpha value is -2.40. The number of halogens is 1. The molecule has 0 aliphatic carbocycles. The van der Waals surface area contributed by atoms with Crippen molar-refractivity contribution in [3.63, 3.8) is 0 Å². The zero-order valence-corrected chi connectivity index (χ0v) is 13.4. The molecule has 0 atom stereocenters. The summed E-state index contributed by atoms with van der Waals surface area (Å²) < 4.78 is 16.4. The summed E-state index contributed by atoms with van der Waals surface area (Å²) in [7, 11) is 1.53. The molecule has 0 bridgehead atoms. The van der Waals surface area contributed by atoms with Gasteiger partial charge in [0.25, 0.3) is 5.91 Å². The third-order valence-corrected chi connectivity index (χ3v) is 3.65. The highest BCUT2D eigenvalue weighted by atomic mass is 35.5. The summed E-state index contributed by atoms with van der Waals surface area (Å²) in [6.45, 7) is 1.18. The zero-order valence-electron chi connectivity index (χ0n) is 12.6. The van der Waals surface area contributed by atoms with E-state index in [4.69, 9.17) is 25.8 Å². The van der Waals surface area contributed by atoms with Gasteiger partial charge in [0.2, 0.25) is 0 Å². The van der Waals surface area contributed by atoms with E-state index >= 15 is 0 Å². The monoisotopic (exact) mass is 333 g/mol. The van der Waals surface area contributed by atoms with Gasteiger partial charge in [0, 0.05) is 17.0 Å². The molecule has 1 N–H and O–H groups in total. The van der Waals surface area contributed by atoms with Crippen LogP contribution in [0.4, 0.5) is 5.69 Å². The molecule has 0 saturated heterocycles. The van der Waals surface area contributed by atoms with Crippen LogP contribution < -0.4 is 19.5 Å². The standard InChI is InChI=1S/C17H16ClNO4/c1-21-14-6-4-12(18)10-13(14)19-17(20)11-3-5-15-16(9-11)23-8-2-7-22-15/h3-6,9-10H,2,7-8H2,1H3,(H,19,20). The molecule has 1 aliphatic heterocycles. The quantitative estimate of drug-likeness (QED) is 0.929. The minimum absolute atomic E-state index is 0.277. The molecule has 0 saturated carbocycles. The third kappa shape index (κ3) is 3.51. The molecule has 3 rings (SSSR count). The maximum absolute atomic E-state index is 12.5. The Balaban J connectivity index is 1.84. The summed E-state index contributed by atoms with van der Waals surface area (Å²) in [5, 5.41) is 3.31. The van der Waals surface area contributed by atoms with Gasteiger partial charge in [-0.25, -0.2) is 0 Å². The van der Waals surface area contributed by atoms with Gasteiger partial charge in [-0.3, -0.25) is 4.79 Å². The highest BCUT2D eigenvalue weighted by molar-refractivity contribution is 6.31. The highest BCUT2D eigenvalue weighted by Gasteiger charge is 2.15. The topological polar surface area (TPSA) is 56.8 Å². The lowest BCUT2D eigenvalue weighted by Crippen LogP contribution is -2.13. The number of anilines is 1. The predicted octanol–water partition coefficient (Wildman–Crippen LogP) is 3.76. The molecule has 23 heavy (non-hydrogen) atoms. The normalized spacial score (nSPS) is 13.1. The molecule has 0 radical (unpaired) electrons. The summed E-state index contributed by atoms with van der Waals surface area (Å²) in [6.07, 6.45) is 0.815. The van der Waals surface area contributed by atoms with Crippen molar-refractivity contribution in [2.75, 3.05) is 25.6 Å². The number of ether oxygens (including phenoxy) is 3. The first-order valence-corrected chi connectivity index (χ1v) is 7.60. The van der Waals surface area contributed by atoms with Crippen molar-refractivity contribution < 1.29 is 19.0 Å². The number of methoxy groups -OCH3 is 1. The Morgan fingerprint density at radius 2 is 1.91 bits per heavy atom. The van der Waals surface area contributed by atoms with E-state index in [1.54, 1.807) is 36.4 Å². The Morgan fingerprint density at radius 1 is 1.13 bits per heavy atom. The van der Waals surface area contributed by atoms with E-state index in [1.807, 2.05) is 0 Å². The summed E-state index contributed by atoms with van der Waals surface area (Å²) in [5.74, 6) is 1.49. The lowest BCUT2D eigenvalue weighted by atomic mass is 10.1. The molecule has 0 aromatic heterocycles. The van der Waals surface area contributed by atoms with Crippen LogP contribution in [0.1, 0.15) is 16.8 Å². The summed E-state index contributed by atoms with van der Waals surface area (Å²) in [5.41, 5.74) is 0.980. The Kier molecular flexibility index (Phi) is 4.57. The van der Waals surface area contributed by atoms with E-state index in [1.165, 1.54) is 7.11 Å². The summed E-state index contributed by atoms with van der Waals surface area (Å²) >= 11 is 5.97. The van der Waals surface area contributed by atoms with Crippen LogP contribution in [0.15, 0.2) is 36.4 Å². The van der Waals surface area contributed by atoms with Gasteiger partial charge in [0.1, 0.15) is 5.75 Å². The van der Waals surface area contributed by atoms with Crippen LogP contribution in [0.2, 0.25) is 5.02 Å². The van der Waals surface area contributed by atoms with Crippen LogP contribution in [-0.2, 0) is 0 Å². The number of rotatable bonds is 3. The van der Waals surface area contributed by atoms with Gasteiger partial charge in [-0.2, -0.15) is 0 Å². The number of hydrogen-bond donors (Lipinski definition) is 1. The molecule has 1 amide bonds. The van der Waals surface area contributed by atoms with Crippen LogP contribution in [0.25, 0.3) is 0 Å². The van der Waals surface area contributed by atoms with Crippen molar-refractivity contribution in [1.82, 2.24) is 0 Å². The summed E-state index contributed by atoms with van der Waals surface area (Å²) in [6, 6.07) is 10.1. The van der Waals surface area contributed by atoms with Crippen LogP contribution in [0, 0.1) is 0 Å². The molecule has 2 aromatic carbocycles. The Morgan fingerprint density at radius 3 is 2.70 bits per heavy atom. The molecule has 1 heterocycles. The van der Waals surface area contributed by atoms with Crippen molar-refractivity contribution in [3.8, 4) is 17.2 Å². The van der Waals surface area contributed by atoms with E-state index in [0.29, 0.717) is 46.7 Å². The number of carbonyl (C=O) groups excluding carboxylic acids is 1. The largest absolute Gasteiger partial charge is 0.495 e.